The Labute approximate surface area is 109 Å². The largest absolute Gasteiger partial charge is 0.487 e. The average molecular weight is 293 g/mol. The minimum absolute atomic E-state index is 0.423. The molecule has 2 N–H and O–H groups in total. The van der Waals surface area contributed by atoms with Crippen molar-refractivity contribution < 1.29 is 4.74 Å². The molecule has 0 fully saturated rings. The van der Waals surface area contributed by atoms with Crippen LogP contribution in [0.15, 0.2) is 41.0 Å². The van der Waals surface area contributed by atoms with Crippen LogP contribution in [-0.2, 0) is 6.61 Å². The van der Waals surface area contributed by atoms with Crippen LogP contribution in [0, 0.1) is 6.92 Å². The summed E-state index contributed by atoms with van der Waals surface area (Å²) in [6.45, 7) is 2.45. The van der Waals surface area contributed by atoms with E-state index in [4.69, 9.17) is 10.5 Å². The van der Waals surface area contributed by atoms with Crippen molar-refractivity contribution in [2.45, 2.75) is 13.5 Å². The molecule has 1 heterocycles. The predicted octanol–water partition coefficient (Wildman–Crippen LogP) is 3.31. The Bertz CT molecular complexity index is 529. The molecule has 2 aromatic rings. The van der Waals surface area contributed by atoms with E-state index in [0.29, 0.717) is 12.3 Å². The third kappa shape index (κ3) is 3.20. The van der Waals surface area contributed by atoms with E-state index in [2.05, 4.69) is 20.9 Å². The number of ether oxygens (including phenoxy) is 1. The SMILES string of the molecule is Cc1cc(OCc2cc(N)ccn2)ccc1Br. The zero-order chi connectivity index (χ0) is 12.3. The van der Waals surface area contributed by atoms with Gasteiger partial charge in [-0.2, -0.15) is 0 Å². The van der Waals surface area contributed by atoms with Crippen LogP contribution < -0.4 is 10.5 Å². The maximum Gasteiger partial charge on any atom is 0.130 e. The number of aryl methyl sites for hydroxylation is 1. The zero-order valence-electron chi connectivity index (χ0n) is 9.48. The Hall–Kier alpha value is -1.55. The summed E-state index contributed by atoms with van der Waals surface area (Å²) in [7, 11) is 0. The van der Waals surface area contributed by atoms with Crippen molar-refractivity contribution in [3.05, 3.63) is 52.3 Å². The standard InChI is InChI=1S/C13H13BrN2O/c1-9-6-12(2-3-13(9)14)17-8-11-7-10(15)4-5-16-11/h2-7H,8H2,1H3,(H2,15,16). The molecule has 0 radical (unpaired) electrons. The summed E-state index contributed by atoms with van der Waals surface area (Å²) in [6.07, 6.45) is 1.68. The third-order valence-electron chi connectivity index (χ3n) is 2.36. The number of benzene rings is 1. The molecule has 0 atom stereocenters. The molecular formula is C13H13BrN2O. The third-order valence-corrected chi connectivity index (χ3v) is 3.25. The second kappa shape index (κ2) is 5.19. The lowest BCUT2D eigenvalue weighted by atomic mass is 10.2. The van der Waals surface area contributed by atoms with Gasteiger partial charge in [-0.05, 0) is 42.8 Å². The molecule has 3 nitrogen and oxygen atoms in total. The minimum Gasteiger partial charge on any atom is -0.487 e. The lowest BCUT2D eigenvalue weighted by Gasteiger charge is -2.07. The molecule has 0 saturated heterocycles. The number of halogens is 1. The minimum atomic E-state index is 0.423. The van der Waals surface area contributed by atoms with Crippen molar-refractivity contribution in [2.75, 3.05) is 5.73 Å². The maximum atomic E-state index is 5.67. The number of hydrogen-bond donors (Lipinski definition) is 1. The van der Waals surface area contributed by atoms with Gasteiger partial charge in [0.15, 0.2) is 0 Å². The quantitative estimate of drug-likeness (QED) is 0.944. The fourth-order valence-electron chi connectivity index (χ4n) is 1.44. The Morgan fingerprint density at radius 2 is 2.12 bits per heavy atom. The predicted molar refractivity (Wildman–Crippen MR) is 71.9 cm³/mol. The summed E-state index contributed by atoms with van der Waals surface area (Å²) in [4.78, 5) is 4.18. The average Bonchev–Trinajstić information content (AvgIpc) is 2.31. The summed E-state index contributed by atoms with van der Waals surface area (Å²) in [5.41, 5.74) is 8.34. The van der Waals surface area contributed by atoms with Gasteiger partial charge in [-0.15, -0.1) is 0 Å². The normalized spacial score (nSPS) is 10.2. The number of anilines is 1. The molecule has 2 rings (SSSR count). The molecule has 88 valence electrons. The van der Waals surface area contributed by atoms with Gasteiger partial charge in [0.25, 0.3) is 0 Å². The van der Waals surface area contributed by atoms with E-state index in [9.17, 15) is 0 Å². The fraction of sp³-hybridized carbons (Fsp3) is 0.154. The van der Waals surface area contributed by atoms with Crippen molar-refractivity contribution in [2.24, 2.45) is 0 Å². The summed E-state index contributed by atoms with van der Waals surface area (Å²) in [5.74, 6) is 0.829. The van der Waals surface area contributed by atoms with Crippen LogP contribution in [0.5, 0.6) is 5.75 Å². The van der Waals surface area contributed by atoms with Gasteiger partial charge in [-0.3, -0.25) is 4.98 Å². The zero-order valence-corrected chi connectivity index (χ0v) is 11.1. The van der Waals surface area contributed by atoms with Gasteiger partial charge >= 0.3 is 0 Å². The molecule has 0 unspecified atom stereocenters. The molecule has 0 saturated carbocycles. The van der Waals surface area contributed by atoms with Crippen LogP contribution >= 0.6 is 15.9 Å². The van der Waals surface area contributed by atoms with Crippen molar-refractivity contribution in [3.63, 3.8) is 0 Å². The van der Waals surface area contributed by atoms with Crippen molar-refractivity contribution in [1.29, 1.82) is 0 Å². The van der Waals surface area contributed by atoms with Crippen LogP contribution in [0.3, 0.4) is 0 Å². The Balaban J connectivity index is 2.05. The maximum absolute atomic E-state index is 5.67. The van der Waals surface area contributed by atoms with Gasteiger partial charge in [0.05, 0.1) is 5.69 Å². The van der Waals surface area contributed by atoms with E-state index in [1.807, 2.05) is 31.2 Å². The summed E-state index contributed by atoms with van der Waals surface area (Å²) >= 11 is 3.45. The first kappa shape index (κ1) is 11.9. The Morgan fingerprint density at radius 1 is 1.29 bits per heavy atom. The molecule has 0 amide bonds. The molecule has 0 aliphatic heterocycles. The molecular weight excluding hydrogens is 280 g/mol. The topological polar surface area (TPSA) is 48.1 Å². The van der Waals surface area contributed by atoms with E-state index < -0.39 is 0 Å². The van der Waals surface area contributed by atoms with E-state index in [1.54, 1.807) is 12.3 Å². The highest BCUT2D eigenvalue weighted by atomic mass is 79.9. The smallest absolute Gasteiger partial charge is 0.130 e. The highest BCUT2D eigenvalue weighted by molar-refractivity contribution is 9.10. The number of hydrogen-bond acceptors (Lipinski definition) is 3. The highest BCUT2D eigenvalue weighted by Gasteiger charge is 2.00. The molecule has 0 aliphatic carbocycles. The lowest BCUT2D eigenvalue weighted by Crippen LogP contribution is -1.99. The monoisotopic (exact) mass is 292 g/mol. The van der Waals surface area contributed by atoms with Crippen LogP contribution in [-0.4, -0.2) is 4.98 Å². The van der Waals surface area contributed by atoms with Crippen LogP contribution in [0.2, 0.25) is 0 Å². The molecule has 17 heavy (non-hydrogen) atoms. The first-order chi connectivity index (χ1) is 8.15. The second-order valence-corrected chi connectivity index (χ2v) is 4.63. The summed E-state index contributed by atoms with van der Waals surface area (Å²) in [5, 5.41) is 0. The van der Waals surface area contributed by atoms with E-state index in [0.717, 1.165) is 21.5 Å². The van der Waals surface area contributed by atoms with Crippen LogP contribution in [0.1, 0.15) is 11.3 Å². The van der Waals surface area contributed by atoms with Gasteiger partial charge in [0.2, 0.25) is 0 Å². The van der Waals surface area contributed by atoms with E-state index >= 15 is 0 Å². The summed E-state index contributed by atoms with van der Waals surface area (Å²) < 4.78 is 6.72. The van der Waals surface area contributed by atoms with Crippen molar-refractivity contribution in [3.8, 4) is 5.75 Å². The first-order valence-corrected chi connectivity index (χ1v) is 6.04. The molecule has 0 bridgehead atoms. The summed E-state index contributed by atoms with van der Waals surface area (Å²) in [6, 6.07) is 9.44. The molecule has 1 aromatic carbocycles. The molecule has 0 aliphatic rings. The van der Waals surface area contributed by atoms with Gasteiger partial charge < -0.3 is 10.5 Å². The Morgan fingerprint density at radius 3 is 2.82 bits per heavy atom. The number of nitrogen functional groups attached to an aromatic ring is 1. The van der Waals surface area contributed by atoms with Crippen LogP contribution in [0.4, 0.5) is 5.69 Å². The fourth-order valence-corrected chi connectivity index (χ4v) is 1.69. The number of aromatic nitrogens is 1. The number of nitrogens with two attached hydrogens (primary N) is 1. The van der Waals surface area contributed by atoms with Crippen molar-refractivity contribution >= 4 is 21.6 Å². The van der Waals surface area contributed by atoms with E-state index in [1.165, 1.54) is 0 Å². The highest BCUT2D eigenvalue weighted by Crippen LogP contribution is 2.22. The van der Waals surface area contributed by atoms with E-state index in [-0.39, 0.29) is 0 Å². The van der Waals surface area contributed by atoms with Gasteiger partial charge in [0, 0.05) is 16.4 Å². The Kier molecular flexibility index (Phi) is 3.64. The molecule has 1 aromatic heterocycles. The second-order valence-electron chi connectivity index (χ2n) is 3.78. The molecule has 0 spiro atoms. The van der Waals surface area contributed by atoms with Crippen molar-refractivity contribution in [1.82, 2.24) is 4.98 Å². The first-order valence-electron chi connectivity index (χ1n) is 5.24. The van der Waals surface area contributed by atoms with Crippen LogP contribution in [0.25, 0.3) is 0 Å². The van der Waals surface area contributed by atoms with Gasteiger partial charge in [-0.1, -0.05) is 15.9 Å². The number of pyridine rings is 1. The molecule has 4 heteroatoms. The van der Waals surface area contributed by atoms with Gasteiger partial charge in [0.1, 0.15) is 12.4 Å². The number of nitrogens with zero attached hydrogens (tertiary/aromatic N) is 1. The lowest BCUT2D eigenvalue weighted by molar-refractivity contribution is 0.301. The number of rotatable bonds is 3. The van der Waals surface area contributed by atoms with Gasteiger partial charge in [-0.25, -0.2) is 0 Å².